The van der Waals surface area contributed by atoms with E-state index in [1.807, 2.05) is 0 Å². The molecule has 2 rings (SSSR count). The second-order valence-electron chi connectivity index (χ2n) is 3.64. The Morgan fingerprint density at radius 1 is 1.53 bits per heavy atom. The molecular weight excluding hydrogens is 295 g/mol. The van der Waals surface area contributed by atoms with Gasteiger partial charge in [0.25, 0.3) is 0 Å². The maximum Gasteiger partial charge on any atom is 0.303 e. The molecule has 0 fully saturated rings. The highest BCUT2D eigenvalue weighted by Crippen LogP contribution is 2.42. The molecule has 0 aromatic heterocycles. The van der Waals surface area contributed by atoms with Crippen molar-refractivity contribution in [1.82, 2.24) is 0 Å². The van der Waals surface area contributed by atoms with Crippen LogP contribution in [0.4, 0.5) is 4.39 Å². The van der Waals surface area contributed by atoms with E-state index >= 15 is 0 Å². The largest absolute Gasteiger partial charge is 0.481 e. The van der Waals surface area contributed by atoms with Crippen molar-refractivity contribution < 1.29 is 23.8 Å². The Balaban J connectivity index is 2.17. The molecule has 0 atom stereocenters. The molecule has 0 spiro atoms. The predicted octanol–water partition coefficient (Wildman–Crippen LogP) is 2.72. The van der Waals surface area contributed by atoms with Crippen molar-refractivity contribution in [3.8, 4) is 11.5 Å². The van der Waals surface area contributed by atoms with E-state index < -0.39 is 11.8 Å². The van der Waals surface area contributed by atoms with Gasteiger partial charge in [-0.3, -0.25) is 4.79 Å². The lowest BCUT2D eigenvalue weighted by atomic mass is 10.1. The summed E-state index contributed by atoms with van der Waals surface area (Å²) in [6.45, 7) is 0.0753. The number of hydrogen-bond acceptors (Lipinski definition) is 3. The third kappa shape index (κ3) is 2.52. The Morgan fingerprint density at radius 3 is 3.00 bits per heavy atom. The first-order valence-corrected chi connectivity index (χ1v) is 5.87. The molecule has 0 aliphatic carbocycles. The van der Waals surface area contributed by atoms with Gasteiger partial charge in [-0.2, -0.15) is 0 Å². The second kappa shape index (κ2) is 4.91. The van der Waals surface area contributed by atoms with Gasteiger partial charge in [0.15, 0.2) is 11.5 Å². The molecule has 4 nitrogen and oxygen atoms in total. The number of aryl methyl sites for hydroxylation is 1. The molecule has 92 valence electrons. The van der Waals surface area contributed by atoms with Crippen molar-refractivity contribution in [1.29, 1.82) is 0 Å². The quantitative estimate of drug-likeness (QED) is 0.929. The third-order valence-electron chi connectivity index (χ3n) is 2.46. The Morgan fingerprint density at radius 2 is 2.29 bits per heavy atom. The fourth-order valence-corrected chi connectivity index (χ4v) is 2.21. The van der Waals surface area contributed by atoms with E-state index in [4.69, 9.17) is 14.6 Å². The molecule has 0 radical (unpaired) electrons. The number of carboxylic acids is 1. The van der Waals surface area contributed by atoms with Crippen molar-refractivity contribution in [3.05, 3.63) is 21.9 Å². The number of rotatable bonds is 4. The van der Waals surface area contributed by atoms with Crippen LogP contribution in [-0.2, 0) is 11.2 Å². The van der Waals surface area contributed by atoms with Crippen LogP contribution in [0.15, 0.2) is 10.5 Å². The fourth-order valence-electron chi connectivity index (χ4n) is 1.64. The van der Waals surface area contributed by atoms with Crippen LogP contribution in [0.5, 0.6) is 11.5 Å². The number of benzene rings is 1. The average Bonchev–Trinajstić information content (AvgIpc) is 2.72. The lowest BCUT2D eigenvalue weighted by Crippen LogP contribution is -1.98. The standard InChI is InChI=1S/C11H10BrFO4/c12-9-10(13)6(2-1-3-8(14)15)4-7-11(9)17-5-16-7/h4H,1-3,5H2,(H,14,15). The molecular formula is C11H10BrFO4. The van der Waals surface area contributed by atoms with Crippen LogP contribution in [0.2, 0.25) is 0 Å². The second-order valence-corrected chi connectivity index (χ2v) is 4.44. The number of ether oxygens (including phenoxy) is 2. The normalized spacial score (nSPS) is 12.8. The molecule has 1 aliphatic rings. The molecule has 1 aliphatic heterocycles. The molecule has 1 heterocycles. The van der Waals surface area contributed by atoms with Crippen LogP contribution < -0.4 is 9.47 Å². The van der Waals surface area contributed by atoms with Crippen molar-refractivity contribution in [2.75, 3.05) is 6.79 Å². The summed E-state index contributed by atoms with van der Waals surface area (Å²) in [5.74, 6) is -0.446. The van der Waals surface area contributed by atoms with E-state index in [-0.39, 0.29) is 17.7 Å². The zero-order valence-electron chi connectivity index (χ0n) is 8.83. The van der Waals surface area contributed by atoms with Gasteiger partial charge in [0.1, 0.15) is 5.82 Å². The lowest BCUT2D eigenvalue weighted by Gasteiger charge is -2.07. The summed E-state index contributed by atoms with van der Waals surface area (Å²) in [5.41, 5.74) is 0.433. The van der Waals surface area contributed by atoms with Crippen molar-refractivity contribution in [3.63, 3.8) is 0 Å². The van der Waals surface area contributed by atoms with Gasteiger partial charge in [0.2, 0.25) is 6.79 Å². The van der Waals surface area contributed by atoms with Gasteiger partial charge in [0, 0.05) is 6.42 Å². The van der Waals surface area contributed by atoms with E-state index in [1.165, 1.54) is 0 Å². The molecule has 17 heavy (non-hydrogen) atoms. The van der Waals surface area contributed by atoms with Gasteiger partial charge in [-0.25, -0.2) is 4.39 Å². The number of carbonyl (C=O) groups is 1. The molecule has 1 aromatic carbocycles. The van der Waals surface area contributed by atoms with E-state index in [0.29, 0.717) is 29.9 Å². The first-order chi connectivity index (χ1) is 8.09. The lowest BCUT2D eigenvalue weighted by molar-refractivity contribution is -0.137. The number of aliphatic carboxylic acids is 1. The first kappa shape index (κ1) is 12.2. The fraction of sp³-hybridized carbons (Fsp3) is 0.364. The highest BCUT2D eigenvalue weighted by Gasteiger charge is 2.22. The van der Waals surface area contributed by atoms with Gasteiger partial charge in [-0.1, -0.05) is 0 Å². The number of hydrogen-bond donors (Lipinski definition) is 1. The first-order valence-electron chi connectivity index (χ1n) is 5.08. The summed E-state index contributed by atoms with van der Waals surface area (Å²) in [7, 11) is 0. The Hall–Kier alpha value is -1.30. The summed E-state index contributed by atoms with van der Waals surface area (Å²) in [5, 5.41) is 8.52. The molecule has 1 N–H and O–H groups in total. The van der Waals surface area contributed by atoms with Gasteiger partial charge < -0.3 is 14.6 Å². The van der Waals surface area contributed by atoms with E-state index in [9.17, 15) is 9.18 Å². The topological polar surface area (TPSA) is 55.8 Å². The maximum absolute atomic E-state index is 13.9. The summed E-state index contributed by atoms with van der Waals surface area (Å²) in [4.78, 5) is 10.4. The highest BCUT2D eigenvalue weighted by molar-refractivity contribution is 9.10. The van der Waals surface area contributed by atoms with Crippen LogP contribution in [0.3, 0.4) is 0 Å². The van der Waals surface area contributed by atoms with Crippen LogP contribution in [0.25, 0.3) is 0 Å². The Bertz CT molecular complexity index is 461. The monoisotopic (exact) mass is 304 g/mol. The van der Waals surface area contributed by atoms with Crippen molar-refractivity contribution in [2.45, 2.75) is 19.3 Å². The molecule has 6 heteroatoms. The van der Waals surface area contributed by atoms with Crippen LogP contribution in [0, 0.1) is 5.82 Å². The highest BCUT2D eigenvalue weighted by atomic mass is 79.9. The summed E-state index contributed by atoms with van der Waals surface area (Å²) >= 11 is 3.11. The minimum Gasteiger partial charge on any atom is -0.481 e. The van der Waals surface area contributed by atoms with Gasteiger partial charge >= 0.3 is 5.97 Å². The summed E-state index contributed by atoms with van der Waals surface area (Å²) in [6, 6.07) is 1.56. The number of halogens is 2. The van der Waals surface area contributed by atoms with Gasteiger partial charge in [-0.15, -0.1) is 0 Å². The molecule has 0 amide bonds. The summed E-state index contributed by atoms with van der Waals surface area (Å²) in [6.07, 6.45) is 0.761. The van der Waals surface area contributed by atoms with E-state index in [0.717, 1.165) is 0 Å². The van der Waals surface area contributed by atoms with E-state index in [1.54, 1.807) is 6.07 Å². The van der Waals surface area contributed by atoms with Crippen molar-refractivity contribution in [2.24, 2.45) is 0 Å². The Labute approximate surface area is 105 Å². The number of fused-ring (bicyclic) bond motifs is 1. The molecule has 0 unspecified atom stereocenters. The zero-order valence-corrected chi connectivity index (χ0v) is 10.4. The Kier molecular flexibility index (Phi) is 3.51. The van der Waals surface area contributed by atoms with E-state index in [2.05, 4.69) is 15.9 Å². The number of carboxylic acid groups (broad SMARTS) is 1. The maximum atomic E-state index is 13.9. The van der Waals surface area contributed by atoms with Crippen LogP contribution in [0.1, 0.15) is 18.4 Å². The minimum absolute atomic E-state index is 0.0193. The van der Waals surface area contributed by atoms with Crippen LogP contribution in [-0.4, -0.2) is 17.9 Å². The predicted molar refractivity (Wildman–Crippen MR) is 60.8 cm³/mol. The minimum atomic E-state index is -0.884. The van der Waals surface area contributed by atoms with Crippen molar-refractivity contribution >= 4 is 21.9 Å². The molecule has 1 aromatic rings. The molecule has 0 bridgehead atoms. The molecule has 0 saturated heterocycles. The van der Waals surface area contributed by atoms with Crippen LogP contribution >= 0.6 is 15.9 Å². The van der Waals surface area contributed by atoms with Gasteiger partial charge in [-0.05, 0) is 40.4 Å². The zero-order chi connectivity index (χ0) is 12.4. The van der Waals surface area contributed by atoms with Gasteiger partial charge in [0.05, 0.1) is 4.47 Å². The average molecular weight is 305 g/mol. The SMILES string of the molecule is O=C(O)CCCc1cc2c(c(Br)c1F)OCO2. The smallest absolute Gasteiger partial charge is 0.303 e. The molecule has 0 saturated carbocycles. The summed E-state index contributed by atoms with van der Waals surface area (Å²) < 4.78 is 24.4. The third-order valence-corrected chi connectivity index (χ3v) is 3.17.